The Morgan fingerprint density at radius 1 is 1.27 bits per heavy atom. The zero-order valence-corrected chi connectivity index (χ0v) is 13.6. The second kappa shape index (κ2) is 5.57. The number of phenols is 1. The van der Waals surface area contributed by atoms with E-state index in [1.807, 2.05) is 24.1 Å². The van der Waals surface area contributed by atoms with Crippen molar-refractivity contribution >= 4 is 21.4 Å². The summed E-state index contributed by atoms with van der Waals surface area (Å²) in [5.74, 6) is 0.244. The van der Waals surface area contributed by atoms with E-state index in [1.165, 1.54) is 0 Å². The molecule has 22 heavy (non-hydrogen) atoms. The molecule has 6 heteroatoms. The molecule has 1 aliphatic rings. The number of rotatable bonds is 3. The maximum absolute atomic E-state index is 12.3. The number of hydrogen-bond donors (Lipinski definition) is 1. The molecular weight excluding hydrogens is 322 g/mol. The molecular formula is C16H16ClNO3S. The van der Waals surface area contributed by atoms with Crippen molar-refractivity contribution in [3.05, 3.63) is 58.6 Å². The monoisotopic (exact) mass is 337 g/mol. The maximum Gasteiger partial charge on any atom is 0.180 e. The van der Waals surface area contributed by atoms with E-state index >= 15 is 0 Å². The van der Waals surface area contributed by atoms with Crippen LogP contribution in [0.25, 0.3) is 0 Å². The average Bonchev–Trinajstić information content (AvgIpc) is 2.72. The van der Waals surface area contributed by atoms with E-state index in [4.69, 9.17) is 11.6 Å². The van der Waals surface area contributed by atoms with E-state index in [0.29, 0.717) is 16.5 Å². The van der Waals surface area contributed by atoms with Crippen molar-refractivity contribution in [3.8, 4) is 5.75 Å². The number of aromatic hydroxyl groups is 1. The summed E-state index contributed by atoms with van der Waals surface area (Å²) in [4.78, 5) is 2.28. The molecule has 0 fully saturated rings. The number of nitrogens with zero attached hydrogens (tertiary/aromatic N) is 1. The first kappa shape index (κ1) is 15.3. The lowest BCUT2D eigenvalue weighted by Gasteiger charge is -2.24. The van der Waals surface area contributed by atoms with Gasteiger partial charge < -0.3 is 5.11 Å². The number of fused-ring (bicyclic) bond motifs is 1. The van der Waals surface area contributed by atoms with Gasteiger partial charge in [0.25, 0.3) is 0 Å². The maximum atomic E-state index is 12.3. The van der Waals surface area contributed by atoms with Crippen molar-refractivity contribution < 1.29 is 13.5 Å². The van der Waals surface area contributed by atoms with Crippen molar-refractivity contribution in [1.82, 2.24) is 4.90 Å². The zero-order valence-electron chi connectivity index (χ0n) is 12.0. The zero-order chi connectivity index (χ0) is 15.9. The Kier molecular flexibility index (Phi) is 3.89. The van der Waals surface area contributed by atoms with Crippen molar-refractivity contribution in [1.29, 1.82) is 0 Å². The lowest BCUT2D eigenvalue weighted by atomic mass is 10.1. The Balaban J connectivity index is 1.94. The molecule has 1 heterocycles. The first-order valence-electron chi connectivity index (χ1n) is 6.88. The van der Waals surface area contributed by atoms with E-state index < -0.39 is 9.84 Å². The molecule has 0 aromatic heterocycles. The molecule has 0 saturated heterocycles. The van der Waals surface area contributed by atoms with Crippen LogP contribution in [0.2, 0.25) is 5.02 Å². The van der Waals surface area contributed by atoms with Gasteiger partial charge in [0.15, 0.2) is 9.84 Å². The summed E-state index contributed by atoms with van der Waals surface area (Å²) in [6.45, 7) is 0.457. The van der Waals surface area contributed by atoms with E-state index in [0.717, 1.165) is 11.1 Å². The highest BCUT2D eigenvalue weighted by Crippen LogP contribution is 2.38. The minimum atomic E-state index is -3.28. The second-order valence-corrected chi connectivity index (χ2v) is 7.96. The van der Waals surface area contributed by atoms with Gasteiger partial charge in [0.05, 0.1) is 16.7 Å². The number of phenolic OH excluding ortho intramolecular Hbond substituents is 1. The van der Waals surface area contributed by atoms with Gasteiger partial charge in [0.1, 0.15) is 5.75 Å². The van der Waals surface area contributed by atoms with Crippen molar-refractivity contribution in [2.45, 2.75) is 17.5 Å². The van der Waals surface area contributed by atoms with Crippen LogP contribution in [0, 0.1) is 0 Å². The fourth-order valence-electron chi connectivity index (χ4n) is 2.84. The van der Waals surface area contributed by atoms with E-state index in [1.54, 1.807) is 30.3 Å². The minimum absolute atomic E-state index is 0.0345. The molecule has 0 radical (unpaired) electrons. The number of sulfone groups is 1. The largest absolute Gasteiger partial charge is 0.508 e. The Morgan fingerprint density at radius 2 is 2.00 bits per heavy atom. The summed E-state index contributed by atoms with van der Waals surface area (Å²) in [5.41, 5.74) is 1.49. The third-order valence-corrected chi connectivity index (χ3v) is 6.02. The highest BCUT2D eigenvalue weighted by molar-refractivity contribution is 7.91. The molecule has 0 amide bonds. The quantitative estimate of drug-likeness (QED) is 0.935. The van der Waals surface area contributed by atoms with Crippen LogP contribution in [0.1, 0.15) is 17.2 Å². The fourth-order valence-corrected chi connectivity index (χ4v) is 4.88. The standard InChI is InChI=1S/C16H16ClNO3S/c1-18(9-11-4-2-3-5-15(11)19)14-10-22(20,21)16-7-6-12(17)8-13(14)16/h2-8,14,19H,9-10H2,1H3/t14-/m0/s1. The SMILES string of the molecule is CN(Cc1ccccc1O)[C@H]1CS(=O)(=O)c2ccc(Cl)cc21. The Hall–Kier alpha value is -1.56. The Labute approximate surface area is 134 Å². The molecule has 1 N–H and O–H groups in total. The normalized spacial score (nSPS) is 19.3. The van der Waals surface area contributed by atoms with Gasteiger partial charge in [0, 0.05) is 17.1 Å². The molecule has 0 bridgehead atoms. The van der Waals surface area contributed by atoms with Crippen LogP contribution in [0.4, 0.5) is 0 Å². The van der Waals surface area contributed by atoms with Crippen LogP contribution in [0.15, 0.2) is 47.4 Å². The molecule has 4 nitrogen and oxygen atoms in total. The molecule has 1 atom stereocenters. The van der Waals surface area contributed by atoms with Gasteiger partial charge in [0.2, 0.25) is 0 Å². The third kappa shape index (κ3) is 2.72. The van der Waals surface area contributed by atoms with Crippen LogP contribution in [0.3, 0.4) is 0 Å². The van der Waals surface area contributed by atoms with E-state index in [-0.39, 0.29) is 17.5 Å². The van der Waals surface area contributed by atoms with Gasteiger partial charge in [-0.3, -0.25) is 4.90 Å². The predicted molar refractivity (Wildman–Crippen MR) is 85.8 cm³/mol. The highest BCUT2D eigenvalue weighted by atomic mass is 35.5. The van der Waals surface area contributed by atoms with E-state index in [9.17, 15) is 13.5 Å². The van der Waals surface area contributed by atoms with Crippen molar-refractivity contribution in [2.75, 3.05) is 12.8 Å². The van der Waals surface area contributed by atoms with Crippen molar-refractivity contribution in [2.24, 2.45) is 0 Å². The van der Waals surface area contributed by atoms with Crippen LogP contribution in [-0.4, -0.2) is 31.2 Å². The van der Waals surface area contributed by atoms with Crippen LogP contribution in [-0.2, 0) is 16.4 Å². The lowest BCUT2D eigenvalue weighted by Crippen LogP contribution is -2.25. The average molecular weight is 338 g/mol. The van der Waals surface area contributed by atoms with Crippen LogP contribution < -0.4 is 0 Å². The summed E-state index contributed by atoms with van der Waals surface area (Å²) in [7, 11) is -1.43. The molecule has 116 valence electrons. The van der Waals surface area contributed by atoms with Gasteiger partial charge in [-0.25, -0.2) is 8.42 Å². The van der Waals surface area contributed by atoms with Gasteiger partial charge in [-0.2, -0.15) is 0 Å². The third-order valence-electron chi connectivity index (χ3n) is 3.99. The van der Waals surface area contributed by atoms with Crippen molar-refractivity contribution in [3.63, 3.8) is 0 Å². The first-order valence-corrected chi connectivity index (χ1v) is 8.91. The number of para-hydroxylation sites is 1. The Bertz CT molecular complexity index is 820. The van der Waals surface area contributed by atoms with Crippen LogP contribution in [0.5, 0.6) is 5.75 Å². The first-order chi connectivity index (χ1) is 10.4. The molecule has 0 saturated carbocycles. The molecule has 2 aromatic rings. The highest BCUT2D eigenvalue weighted by Gasteiger charge is 2.37. The molecule has 1 aliphatic heterocycles. The molecule has 2 aromatic carbocycles. The summed E-state index contributed by atoms with van der Waals surface area (Å²) >= 11 is 6.02. The molecule has 0 spiro atoms. The number of benzene rings is 2. The summed E-state index contributed by atoms with van der Waals surface area (Å²) in [5, 5.41) is 10.4. The smallest absolute Gasteiger partial charge is 0.180 e. The number of halogens is 1. The summed E-state index contributed by atoms with van der Waals surface area (Å²) in [6, 6.07) is 11.7. The number of hydrogen-bond acceptors (Lipinski definition) is 4. The van der Waals surface area contributed by atoms with Gasteiger partial charge in [-0.15, -0.1) is 0 Å². The topological polar surface area (TPSA) is 57.6 Å². The fraction of sp³-hybridized carbons (Fsp3) is 0.250. The summed E-state index contributed by atoms with van der Waals surface area (Å²) < 4.78 is 24.6. The molecule has 0 unspecified atom stereocenters. The van der Waals surface area contributed by atoms with E-state index in [2.05, 4.69) is 0 Å². The second-order valence-electron chi connectivity index (χ2n) is 5.52. The van der Waals surface area contributed by atoms with Gasteiger partial charge in [-0.1, -0.05) is 29.8 Å². The predicted octanol–water partition coefficient (Wildman–Crippen LogP) is 3.01. The minimum Gasteiger partial charge on any atom is -0.508 e. The van der Waals surface area contributed by atoms with Gasteiger partial charge >= 0.3 is 0 Å². The lowest BCUT2D eigenvalue weighted by molar-refractivity contribution is 0.253. The van der Waals surface area contributed by atoms with Crippen LogP contribution >= 0.6 is 11.6 Å². The molecule has 3 rings (SSSR count). The van der Waals surface area contributed by atoms with Gasteiger partial charge in [-0.05, 0) is 36.9 Å². The Morgan fingerprint density at radius 3 is 2.73 bits per heavy atom. The summed E-state index contributed by atoms with van der Waals surface area (Å²) in [6.07, 6.45) is 0. The molecule has 0 aliphatic carbocycles.